The number of nitrogens with one attached hydrogen (secondary N) is 1. The number of aromatic hydroxyl groups is 1. The number of hydrogen-bond acceptors (Lipinski definition) is 4. The molecule has 2 aromatic carbocycles. The van der Waals surface area contributed by atoms with Crippen molar-refractivity contribution in [3.05, 3.63) is 54.1 Å². The van der Waals surface area contributed by atoms with E-state index in [1.165, 1.54) is 0 Å². The van der Waals surface area contributed by atoms with Crippen molar-refractivity contribution in [1.29, 1.82) is 0 Å². The fourth-order valence-corrected chi connectivity index (χ4v) is 1.89. The van der Waals surface area contributed by atoms with Gasteiger partial charge in [-0.25, -0.2) is 0 Å². The van der Waals surface area contributed by atoms with Crippen LogP contribution in [0.3, 0.4) is 0 Å². The largest absolute Gasteiger partial charge is 0.508 e. The number of rotatable bonds is 5. The third-order valence-corrected chi connectivity index (χ3v) is 3.09. The Morgan fingerprint density at radius 1 is 1.19 bits per heavy atom. The Morgan fingerprint density at radius 2 is 1.81 bits per heavy atom. The summed E-state index contributed by atoms with van der Waals surface area (Å²) in [6.07, 6.45) is 0.405. The van der Waals surface area contributed by atoms with Crippen LogP contribution < -0.4 is 15.8 Å². The minimum atomic E-state index is -0.656. The molecule has 0 saturated carbocycles. The lowest BCUT2D eigenvalue weighted by Crippen LogP contribution is -2.37. The second kappa shape index (κ2) is 6.76. The van der Waals surface area contributed by atoms with Crippen LogP contribution in [0.4, 0.5) is 5.69 Å². The molecule has 0 aliphatic carbocycles. The average Bonchev–Trinajstić information content (AvgIpc) is 2.50. The van der Waals surface area contributed by atoms with E-state index in [0.29, 0.717) is 12.1 Å². The van der Waals surface area contributed by atoms with Gasteiger partial charge in [0.15, 0.2) is 0 Å². The normalized spacial score (nSPS) is 11.7. The van der Waals surface area contributed by atoms with Crippen molar-refractivity contribution in [3.63, 3.8) is 0 Å². The zero-order chi connectivity index (χ0) is 15.2. The number of phenolic OH excluding ortho intramolecular Hbond substituents is 1. The molecule has 110 valence electrons. The van der Waals surface area contributed by atoms with Gasteiger partial charge in [0.1, 0.15) is 11.5 Å². The van der Waals surface area contributed by atoms with E-state index in [4.69, 9.17) is 10.5 Å². The molecular formula is C16H18N2O3. The fraction of sp³-hybridized carbons (Fsp3) is 0.188. The molecule has 0 saturated heterocycles. The summed E-state index contributed by atoms with van der Waals surface area (Å²) < 4.78 is 5.05. The Kier molecular flexibility index (Phi) is 4.79. The molecule has 2 rings (SSSR count). The molecule has 0 aliphatic rings. The zero-order valence-electron chi connectivity index (χ0n) is 11.7. The summed E-state index contributed by atoms with van der Waals surface area (Å²) in [4.78, 5) is 12.0. The number of amides is 1. The van der Waals surface area contributed by atoms with Gasteiger partial charge in [-0.3, -0.25) is 4.79 Å². The third-order valence-electron chi connectivity index (χ3n) is 3.09. The van der Waals surface area contributed by atoms with Gasteiger partial charge < -0.3 is 20.9 Å². The number of carbonyl (C=O) groups excluding carboxylic acids is 1. The summed E-state index contributed by atoms with van der Waals surface area (Å²) >= 11 is 0. The van der Waals surface area contributed by atoms with Gasteiger partial charge in [-0.05, 0) is 48.4 Å². The van der Waals surface area contributed by atoms with Crippen LogP contribution in [-0.4, -0.2) is 24.2 Å². The van der Waals surface area contributed by atoms with Crippen molar-refractivity contribution in [1.82, 2.24) is 0 Å². The van der Waals surface area contributed by atoms with Crippen LogP contribution in [-0.2, 0) is 11.2 Å². The Hall–Kier alpha value is -2.53. The molecule has 5 nitrogen and oxygen atoms in total. The van der Waals surface area contributed by atoms with E-state index in [0.717, 1.165) is 11.3 Å². The standard InChI is InChI=1S/C16H18N2O3/c1-21-14-8-4-12(5-9-14)18-16(20)15(17)10-11-2-6-13(19)7-3-11/h2-9,15,19H,10,17H2,1H3,(H,18,20)/t15-/m1/s1. The van der Waals surface area contributed by atoms with Gasteiger partial charge in [0.05, 0.1) is 13.2 Å². The molecule has 5 heteroatoms. The molecule has 0 unspecified atom stereocenters. The zero-order valence-corrected chi connectivity index (χ0v) is 11.7. The molecule has 2 aromatic rings. The highest BCUT2D eigenvalue weighted by molar-refractivity contribution is 5.94. The SMILES string of the molecule is COc1ccc(NC(=O)[C@H](N)Cc2ccc(O)cc2)cc1. The first-order valence-electron chi connectivity index (χ1n) is 6.57. The lowest BCUT2D eigenvalue weighted by molar-refractivity contribution is -0.117. The summed E-state index contributed by atoms with van der Waals surface area (Å²) in [5.41, 5.74) is 7.45. The first-order chi connectivity index (χ1) is 10.1. The molecule has 0 aromatic heterocycles. The number of benzene rings is 2. The lowest BCUT2D eigenvalue weighted by Gasteiger charge is -2.12. The van der Waals surface area contributed by atoms with Gasteiger partial charge in [0, 0.05) is 5.69 Å². The van der Waals surface area contributed by atoms with Crippen LogP contribution in [0.15, 0.2) is 48.5 Å². The quantitative estimate of drug-likeness (QED) is 0.784. The first-order valence-corrected chi connectivity index (χ1v) is 6.57. The molecule has 0 fully saturated rings. The van der Waals surface area contributed by atoms with Gasteiger partial charge in [-0.2, -0.15) is 0 Å². The number of anilines is 1. The summed E-state index contributed by atoms with van der Waals surface area (Å²) in [7, 11) is 1.58. The fourth-order valence-electron chi connectivity index (χ4n) is 1.89. The Balaban J connectivity index is 1.93. The maximum Gasteiger partial charge on any atom is 0.241 e. The van der Waals surface area contributed by atoms with Gasteiger partial charge in [-0.1, -0.05) is 12.1 Å². The maximum atomic E-state index is 12.0. The smallest absolute Gasteiger partial charge is 0.241 e. The highest BCUT2D eigenvalue weighted by Crippen LogP contribution is 2.16. The van der Waals surface area contributed by atoms with Crippen LogP contribution in [0.2, 0.25) is 0 Å². The monoisotopic (exact) mass is 286 g/mol. The van der Waals surface area contributed by atoms with Crippen LogP contribution in [0.1, 0.15) is 5.56 Å². The number of phenols is 1. The number of nitrogens with two attached hydrogens (primary N) is 1. The van der Waals surface area contributed by atoms with Crippen LogP contribution in [0.5, 0.6) is 11.5 Å². The molecule has 21 heavy (non-hydrogen) atoms. The van der Waals surface area contributed by atoms with Gasteiger partial charge >= 0.3 is 0 Å². The Bertz CT molecular complexity index is 594. The third kappa shape index (κ3) is 4.22. The minimum absolute atomic E-state index is 0.190. The lowest BCUT2D eigenvalue weighted by atomic mass is 10.1. The first kappa shape index (κ1) is 14.9. The topological polar surface area (TPSA) is 84.6 Å². The van der Waals surface area contributed by atoms with Crippen molar-refractivity contribution in [3.8, 4) is 11.5 Å². The van der Waals surface area contributed by atoms with Gasteiger partial charge in [-0.15, -0.1) is 0 Å². The number of methoxy groups -OCH3 is 1. The van der Waals surface area contributed by atoms with E-state index in [2.05, 4.69) is 5.32 Å². The molecule has 4 N–H and O–H groups in total. The van der Waals surface area contributed by atoms with E-state index in [9.17, 15) is 9.90 Å². The van der Waals surface area contributed by atoms with Crippen molar-refractivity contribution in [2.24, 2.45) is 5.73 Å². The Morgan fingerprint density at radius 3 is 2.38 bits per heavy atom. The number of hydrogen-bond donors (Lipinski definition) is 3. The highest BCUT2D eigenvalue weighted by atomic mass is 16.5. The molecule has 0 bridgehead atoms. The van der Waals surface area contributed by atoms with Gasteiger partial charge in [0.25, 0.3) is 0 Å². The second-order valence-electron chi connectivity index (χ2n) is 4.69. The molecule has 1 atom stereocenters. The molecule has 0 radical (unpaired) electrons. The summed E-state index contributed by atoms with van der Waals surface area (Å²) in [5.74, 6) is 0.657. The van der Waals surface area contributed by atoms with E-state index in [-0.39, 0.29) is 11.7 Å². The summed E-state index contributed by atoms with van der Waals surface area (Å²) in [5, 5.41) is 12.0. The van der Waals surface area contributed by atoms with E-state index < -0.39 is 6.04 Å². The van der Waals surface area contributed by atoms with Crippen LogP contribution in [0.25, 0.3) is 0 Å². The molecule has 0 spiro atoms. The molecule has 1 amide bonds. The number of ether oxygens (including phenoxy) is 1. The molecule has 0 heterocycles. The van der Waals surface area contributed by atoms with Crippen LogP contribution in [0, 0.1) is 0 Å². The van der Waals surface area contributed by atoms with Crippen molar-refractivity contribution >= 4 is 11.6 Å². The predicted octanol–water partition coefficient (Wildman–Crippen LogP) is 1.91. The van der Waals surface area contributed by atoms with E-state index in [1.807, 2.05) is 0 Å². The maximum absolute atomic E-state index is 12.0. The van der Waals surface area contributed by atoms with Crippen molar-refractivity contribution in [2.75, 3.05) is 12.4 Å². The molecule has 0 aliphatic heterocycles. The minimum Gasteiger partial charge on any atom is -0.508 e. The highest BCUT2D eigenvalue weighted by Gasteiger charge is 2.14. The van der Waals surface area contributed by atoms with Crippen molar-refractivity contribution in [2.45, 2.75) is 12.5 Å². The molecular weight excluding hydrogens is 268 g/mol. The Labute approximate surface area is 123 Å². The second-order valence-corrected chi connectivity index (χ2v) is 4.69. The number of carbonyl (C=O) groups is 1. The van der Waals surface area contributed by atoms with Gasteiger partial charge in [0.2, 0.25) is 5.91 Å². The summed E-state index contributed by atoms with van der Waals surface area (Å²) in [6.45, 7) is 0. The van der Waals surface area contributed by atoms with E-state index in [1.54, 1.807) is 55.6 Å². The predicted molar refractivity (Wildman–Crippen MR) is 81.4 cm³/mol. The summed E-state index contributed by atoms with van der Waals surface area (Å²) in [6, 6.07) is 13.0. The average molecular weight is 286 g/mol. The van der Waals surface area contributed by atoms with E-state index >= 15 is 0 Å². The van der Waals surface area contributed by atoms with Crippen LogP contribution >= 0.6 is 0 Å². The van der Waals surface area contributed by atoms with Crippen molar-refractivity contribution < 1.29 is 14.6 Å².